The maximum atomic E-state index is 12.7. The summed E-state index contributed by atoms with van der Waals surface area (Å²) in [6.07, 6.45) is 3.59. The van der Waals surface area contributed by atoms with Crippen LogP contribution in [-0.4, -0.2) is 89.2 Å². The van der Waals surface area contributed by atoms with Crippen LogP contribution in [0.5, 0.6) is 0 Å². The number of hydrogen-bond donors (Lipinski definition) is 1. The minimum Gasteiger partial charge on any atom is -0.724 e. The van der Waals surface area contributed by atoms with Crippen molar-refractivity contribution in [2.24, 2.45) is 0 Å². The van der Waals surface area contributed by atoms with Gasteiger partial charge in [0.05, 0.1) is 12.6 Å². The summed E-state index contributed by atoms with van der Waals surface area (Å²) in [4.78, 5) is 39.9. The van der Waals surface area contributed by atoms with Crippen molar-refractivity contribution in [2.75, 3.05) is 19.6 Å². The summed E-state index contributed by atoms with van der Waals surface area (Å²) in [5.74, 6) is -0.430. The fourth-order valence-corrected chi connectivity index (χ4v) is 3.94. The number of nitrogens with one attached hydrogen (secondary N) is 1. The van der Waals surface area contributed by atoms with Gasteiger partial charge >= 0.3 is 41.7 Å². The first kappa shape index (κ1) is 25.9. The number of ether oxygens (including phenoxy) is 1. The smallest absolute Gasteiger partial charge is 0.724 e. The molecule has 1 N–H and O–H groups in total. The topological polar surface area (TPSA) is 149 Å². The van der Waals surface area contributed by atoms with Crippen LogP contribution in [0, 0.1) is 0 Å². The van der Waals surface area contributed by atoms with Crippen molar-refractivity contribution in [3.63, 3.8) is 0 Å². The molecular weight excluding hydrogens is 443 g/mol. The van der Waals surface area contributed by atoms with Crippen LogP contribution in [0.2, 0.25) is 0 Å². The quantitative estimate of drug-likeness (QED) is 0.198. The molecule has 4 amide bonds. The van der Waals surface area contributed by atoms with Gasteiger partial charge in [0.25, 0.3) is 0 Å². The van der Waals surface area contributed by atoms with E-state index in [9.17, 15) is 27.4 Å². The summed E-state index contributed by atoms with van der Waals surface area (Å²) in [7, 11) is -5.11. The average molecular weight is 468 g/mol. The first-order valence-corrected chi connectivity index (χ1v) is 10.9. The van der Waals surface area contributed by atoms with Crippen molar-refractivity contribution in [2.45, 2.75) is 57.3 Å². The largest absolute Gasteiger partial charge is 1.00 e. The van der Waals surface area contributed by atoms with Crippen LogP contribution in [0.4, 0.5) is 9.59 Å². The Bertz CT molecular complexity index is 851. The first-order chi connectivity index (χ1) is 13.8. The van der Waals surface area contributed by atoms with Crippen LogP contribution >= 0.6 is 0 Å². The molecule has 3 aliphatic heterocycles. The normalized spacial score (nSPS) is 24.1. The van der Waals surface area contributed by atoms with E-state index in [2.05, 4.69) is 9.60 Å². The second-order valence-electron chi connectivity index (χ2n) is 8.39. The van der Waals surface area contributed by atoms with E-state index < -0.39 is 46.1 Å². The molecule has 3 aliphatic rings. The van der Waals surface area contributed by atoms with Crippen molar-refractivity contribution in [1.82, 2.24) is 20.2 Å². The Morgan fingerprint density at radius 1 is 1.19 bits per heavy atom. The average Bonchev–Trinajstić information content (AvgIpc) is 2.84. The van der Waals surface area contributed by atoms with Gasteiger partial charge in [-0.15, -0.1) is 0 Å². The molecule has 2 atom stereocenters. The van der Waals surface area contributed by atoms with Gasteiger partial charge in [0.1, 0.15) is 11.6 Å². The van der Waals surface area contributed by atoms with E-state index in [1.165, 1.54) is 12.2 Å². The van der Waals surface area contributed by atoms with Crippen LogP contribution in [0.3, 0.4) is 0 Å². The number of amides is 4. The van der Waals surface area contributed by atoms with Gasteiger partial charge in [0.2, 0.25) is 16.3 Å². The molecular formula is C17H25N4NaO8S. The van der Waals surface area contributed by atoms with Crippen molar-refractivity contribution in [3.8, 4) is 0 Å². The van der Waals surface area contributed by atoms with Gasteiger partial charge in [-0.2, -0.15) is 9.35 Å². The zero-order valence-electron chi connectivity index (χ0n) is 17.9. The molecule has 2 bridgehead atoms. The molecule has 2 unspecified atom stereocenters. The minimum atomic E-state index is -5.11. The molecule has 0 aliphatic carbocycles. The Morgan fingerprint density at radius 2 is 1.81 bits per heavy atom. The summed E-state index contributed by atoms with van der Waals surface area (Å²) in [5.41, 5.74) is -0.585. The molecule has 168 valence electrons. The van der Waals surface area contributed by atoms with Crippen molar-refractivity contribution >= 4 is 28.4 Å². The molecule has 0 aromatic heterocycles. The van der Waals surface area contributed by atoms with E-state index in [0.717, 1.165) is 4.90 Å². The van der Waals surface area contributed by atoms with Gasteiger partial charge < -0.3 is 24.4 Å². The molecule has 3 rings (SSSR count). The fraction of sp³-hybridized carbons (Fsp3) is 0.706. The maximum absolute atomic E-state index is 12.7. The second-order valence-corrected chi connectivity index (χ2v) is 9.36. The number of fused-ring (bicyclic) bond motifs is 2. The monoisotopic (exact) mass is 468 g/mol. The van der Waals surface area contributed by atoms with Crippen LogP contribution in [0.25, 0.3) is 0 Å². The molecule has 2 fully saturated rings. The number of carbonyl (C=O) groups excluding carboxylic acids is 3. The Morgan fingerprint density at radius 3 is 2.35 bits per heavy atom. The number of carbonyl (C=O) groups is 3. The molecule has 14 heteroatoms. The summed E-state index contributed by atoms with van der Waals surface area (Å²) < 4.78 is 42.0. The SMILES string of the molecule is CC(C)(C)OC(=O)N1CCC(NC(=O)C2C=CC3CN2C(=O)N3OS(=O)(=O)[O-])CC1.[Na+]. The van der Waals surface area contributed by atoms with Crippen molar-refractivity contribution in [1.29, 1.82) is 0 Å². The third kappa shape index (κ3) is 6.56. The summed E-state index contributed by atoms with van der Waals surface area (Å²) in [5, 5.41) is 3.32. The van der Waals surface area contributed by atoms with Gasteiger partial charge in [0, 0.05) is 19.1 Å². The molecule has 0 spiro atoms. The Hall–Kier alpha value is -1.38. The number of urea groups is 1. The second kappa shape index (κ2) is 9.63. The number of piperidine rings is 1. The van der Waals surface area contributed by atoms with Gasteiger partial charge in [-0.05, 0) is 33.6 Å². The molecule has 2 saturated heterocycles. The van der Waals surface area contributed by atoms with E-state index in [4.69, 9.17) is 4.74 Å². The third-order valence-corrected chi connectivity index (χ3v) is 5.25. The third-order valence-electron chi connectivity index (χ3n) is 4.90. The van der Waals surface area contributed by atoms with E-state index in [0.29, 0.717) is 31.0 Å². The molecule has 0 saturated carbocycles. The van der Waals surface area contributed by atoms with Crippen LogP contribution < -0.4 is 34.9 Å². The van der Waals surface area contributed by atoms with E-state index in [-0.39, 0.29) is 42.1 Å². The Balaban J connectivity index is 0.00000341. The van der Waals surface area contributed by atoms with Gasteiger partial charge in [-0.1, -0.05) is 12.2 Å². The molecule has 0 aromatic rings. The minimum absolute atomic E-state index is 0. The van der Waals surface area contributed by atoms with Crippen LogP contribution in [-0.2, 0) is 24.2 Å². The standard InChI is InChI=1S/C17H26N4O8S.Na/c1-17(2,3)28-16(24)19-8-6-11(7-9-19)18-14(22)13-5-4-12-10-20(13)15(23)21(12)29-30(25,26)27;/h4-5,11-13H,6-10H2,1-3H3,(H,18,22)(H,25,26,27);/q;+1/p-1. The van der Waals surface area contributed by atoms with Crippen LogP contribution in [0.1, 0.15) is 33.6 Å². The predicted octanol–water partition coefficient (Wildman–Crippen LogP) is -3.06. The molecule has 3 heterocycles. The Labute approximate surface area is 203 Å². The zero-order valence-corrected chi connectivity index (χ0v) is 20.8. The summed E-state index contributed by atoms with van der Waals surface area (Å²) in [6.45, 7) is 6.25. The number of nitrogens with zero attached hydrogens (tertiary/aromatic N) is 3. The van der Waals surface area contributed by atoms with Gasteiger partial charge in [0.15, 0.2) is 0 Å². The number of hydroxylamine groups is 2. The predicted molar refractivity (Wildman–Crippen MR) is 100 cm³/mol. The molecule has 0 aromatic carbocycles. The van der Waals surface area contributed by atoms with E-state index in [1.807, 2.05) is 0 Å². The van der Waals surface area contributed by atoms with E-state index in [1.54, 1.807) is 25.7 Å². The molecule has 0 radical (unpaired) electrons. The number of rotatable bonds is 4. The maximum Gasteiger partial charge on any atom is 1.00 e. The Kier molecular flexibility index (Phi) is 8.04. The summed E-state index contributed by atoms with van der Waals surface area (Å²) in [6, 6.07) is -2.76. The molecule has 31 heavy (non-hydrogen) atoms. The zero-order chi connectivity index (χ0) is 22.3. The first-order valence-electron chi connectivity index (χ1n) is 9.56. The van der Waals surface area contributed by atoms with Crippen molar-refractivity contribution in [3.05, 3.63) is 12.2 Å². The summed E-state index contributed by atoms with van der Waals surface area (Å²) >= 11 is 0. The molecule has 12 nitrogen and oxygen atoms in total. The van der Waals surface area contributed by atoms with Crippen molar-refractivity contribution < 1.29 is 65.9 Å². The van der Waals surface area contributed by atoms with Gasteiger partial charge in [-0.3, -0.25) is 4.79 Å². The number of hydrogen-bond acceptors (Lipinski definition) is 8. The van der Waals surface area contributed by atoms with E-state index >= 15 is 0 Å². The van der Waals surface area contributed by atoms with Gasteiger partial charge in [-0.25, -0.2) is 18.0 Å². The fourth-order valence-electron chi connectivity index (χ4n) is 3.57. The van der Waals surface area contributed by atoms with Crippen LogP contribution in [0.15, 0.2) is 12.2 Å². The number of likely N-dealkylation sites (tertiary alicyclic amines) is 1.